The van der Waals surface area contributed by atoms with Crippen molar-refractivity contribution in [1.82, 2.24) is 5.32 Å². The minimum absolute atomic E-state index is 0.0256. The fourth-order valence-corrected chi connectivity index (χ4v) is 2.64. The van der Waals surface area contributed by atoms with E-state index in [2.05, 4.69) is 10.6 Å². The Kier molecular flexibility index (Phi) is 4.55. The summed E-state index contributed by atoms with van der Waals surface area (Å²) in [7, 11) is 0. The molecular weight excluding hydrogens is 308 g/mol. The van der Waals surface area contributed by atoms with Gasteiger partial charge in [0.15, 0.2) is 6.61 Å². The van der Waals surface area contributed by atoms with Gasteiger partial charge in [0, 0.05) is 12.1 Å². The molecule has 1 aliphatic heterocycles. The molecule has 3 rings (SSSR count). The number of hydrogen-bond acceptors (Lipinski definition) is 4. The van der Waals surface area contributed by atoms with Crippen LogP contribution in [-0.2, 0) is 16.0 Å². The smallest absolute Gasteiger partial charge is 0.258 e. The Hall–Kier alpha value is -2.76. The van der Waals surface area contributed by atoms with Crippen LogP contribution in [0.5, 0.6) is 5.75 Å². The second-order valence-electron chi connectivity index (χ2n) is 5.89. The van der Waals surface area contributed by atoms with E-state index in [0.717, 1.165) is 17.0 Å². The van der Waals surface area contributed by atoms with Gasteiger partial charge in [0.2, 0.25) is 5.91 Å². The summed E-state index contributed by atoms with van der Waals surface area (Å²) in [5, 5.41) is 5.65. The number of rotatable bonds is 5. The summed E-state index contributed by atoms with van der Waals surface area (Å²) in [6.45, 7) is 3.65. The van der Waals surface area contributed by atoms with Gasteiger partial charge in [-0.1, -0.05) is 0 Å². The molecule has 1 aliphatic rings. The second kappa shape index (κ2) is 6.78. The van der Waals surface area contributed by atoms with Crippen LogP contribution in [-0.4, -0.2) is 18.4 Å². The van der Waals surface area contributed by atoms with E-state index in [4.69, 9.17) is 9.15 Å². The van der Waals surface area contributed by atoms with E-state index >= 15 is 0 Å². The SMILES string of the molecule is Cc1ccc([C@H](C)NC(=O)COc2ccc3c(c2)CCC(=O)N3)o1. The molecule has 0 radical (unpaired) electrons. The van der Waals surface area contributed by atoms with Gasteiger partial charge in [0.25, 0.3) is 5.91 Å². The molecule has 2 aromatic rings. The van der Waals surface area contributed by atoms with Crippen molar-refractivity contribution < 1.29 is 18.7 Å². The lowest BCUT2D eigenvalue weighted by molar-refractivity contribution is -0.123. The maximum Gasteiger partial charge on any atom is 0.258 e. The van der Waals surface area contributed by atoms with Crippen LogP contribution in [0.2, 0.25) is 0 Å². The third-order valence-corrected chi connectivity index (χ3v) is 3.91. The van der Waals surface area contributed by atoms with E-state index in [0.29, 0.717) is 24.4 Å². The summed E-state index contributed by atoms with van der Waals surface area (Å²) in [6, 6.07) is 8.90. The molecule has 2 N–H and O–H groups in total. The van der Waals surface area contributed by atoms with E-state index in [1.54, 1.807) is 12.1 Å². The summed E-state index contributed by atoms with van der Waals surface area (Å²) in [5.41, 5.74) is 1.83. The molecule has 1 atom stereocenters. The highest BCUT2D eigenvalue weighted by molar-refractivity contribution is 5.94. The van der Waals surface area contributed by atoms with Crippen LogP contribution in [0, 0.1) is 6.92 Å². The van der Waals surface area contributed by atoms with Gasteiger partial charge in [-0.25, -0.2) is 0 Å². The Labute approximate surface area is 140 Å². The molecule has 6 heteroatoms. The number of carbonyl (C=O) groups excluding carboxylic acids is 2. The van der Waals surface area contributed by atoms with E-state index in [1.165, 1.54) is 0 Å². The van der Waals surface area contributed by atoms with E-state index in [1.807, 2.05) is 32.0 Å². The number of aryl methyl sites for hydroxylation is 2. The average Bonchev–Trinajstić information content (AvgIpc) is 2.99. The van der Waals surface area contributed by atoms with Crippen molar-refractivity contribution in [3.8, 4) is 5.75 Å². The minimum atomic E-state index is -0.220. The summed E-state index contributed by atoms with van der Waals surface area (Å²) >= 11 is 0. The minimum Gasteiger partial charge on any atom is -0.484 e. The molecule has 1 aromatic heterocycles. The number of furan rings is 1. The van der Waals surface area contributed by atoms with Crippen LogP contribution in [0.15, 0.2) is 34.7 Å². The summed E-state index contributed by atoms with van der Waals surface area (Å²) in [4.78, 5) is 23.3. The summed E-state index contributed by atoms with van der Waals surface area (Å²) in [5.74, 6) is 1.94. The zero-order valence-electron chi connectivity index (χ0n) is 13.7. The summed E-state index contributed by atoms with van der Waals surface area (Å²) in [6.07, 6.45) is 1.15. The number of carbonyl (C=O) groups is 2. The van der Waals surface area contributed by atoms with Crippen LogP contribution in [0.25, 0.3) is 0 Å². The third kappa shape index (κ3) is 3.76. The van der Waals surface area contributed by atoms with Gasteiger partial charge >= 0.3 is 0 Å². The first-order chi connectivity index (χ1) is 11.5. The van der Waals surface area contributed by atoms with Gasteiger partial charge in [-0.3, -0.25) is 9.59 Å². The summed E-state index contributed by atoms with van der Waals surface area (Å²) < 4.78 is 11.0. The second-order valence-corrected chi connectivity index (χ2v) is 5.89. The predicted molar refractivity (Wildman–Crippen MR) is 88.9 cm³/mol. The lowest BCUT2D eigenvalue weighted by atomic mass is 10.0. The van der Waals surface area contributed by atoms with Crippen molar-refractivity contribution in [2.45, 2.75) is 32.7 Å². The van der Waals surface area contributed by atoms with Crippen LogP contribution in [0.4, 0.5) is 5.69 Å². The first kappa shape index (κ1) is 16.1. The third-order valence-electron chi connectivity index (χ3n) is 3.91. The van der Waals surface area contributed by atoms with Crippen LogP contribution >= 0.6 is 0 Å². The van der Waals surface area contributed by atoms with Crippen LogP contribution < -0.4 is 15.4 Å². The highest BCUT2D eigenvalue weighted by atomic mass is 16.5. The van der Waals surface area contributed by atoms with Crippen molar-refractivity contribution in [3.63, 3.8) is 0 Å². The van der Waals surface area contributed by atoms with Gasteiger partial charge in [0.1, 0.15) is 17.3 Å². The molecule has 0 saturated carbocycles. The number of benzene rings is 1. The van der Waals surface area contributed by atoms with Gasteiger partial charge in [-0.15, -0.1) is 0 Å². The molecule has 24 heavy (non-hydrogen) atoms. The molecule has 0 saturated heterocycles. The normalized spacial score (nSPS) is 14.5. The van der Waals surface area contributed by atoms with Crippen molar-refractivity contribution >= 4 is 17.5 Å². The number of amides is 2. The van der Waals surface area contributed by atoms with Gasteiger partial charge in [-0.2, -0.15) is 0 Å². The molecule has 1 aromatic carbocycles. The highest BCUT2D eigenvalue weighted by Gasteiger charge is 2.16. The molecule has 0 bridgehead atoms. The standard InChI is InChI=1S/C18H20N2O4/c1-11-3-7-16(24-11)12(2)19-18(22)10-23-14-5-6-15-13(9-14)4-8-17(21)20-15/h3,5-7,9,12H,4,8,10H2,1-2H3,(H,19,22)(H,20,21)/t12-/m0/s1. The first-order valence-corrected chi connectivity index (χ1v) is 7.92. The molecule has 6 nitrogen and oxygen atoms in total. The first-order valence-electron chi connectivity index (χ1n) is 7.92. The van der Waals surface area contributed by atoms with Gasteiger partial charge in [-0.05, 0) is 56.2 Å². The molecule has 2 amide bonds. The maximum absolute atomic E-state index is 12.0. The molecular formula is C18H20N2O4. The van der Waals surface area contributed by atoms with Crippen molar-refractivity contribution in [2.75, 3.05) is 11.9 Å². The Bertz CT molecular complexity index is 766. The Balaban J connectivity index is 1.54. The molecule has 0 fully saturated rings. The van der Waals surface area contributed by atoms with E-state index < -0.39 is 0 Å². The van der Waals surface area contributed by atoms with Crippen molar-refractivity contribution in [2.24, 2.45) is 0 Å². The quantitative estimate of drug-likeness (QED) is 0.884. The highest BCUT2D eigenvalue weighted by Crippen LogP contribution is 2.26. The predicted octanol–water partition coefficient (Wildman–Crippen LogP) is 2.73. The largest absolute Gasteiger partial charge is 0.484 e. The molecule has 0 spiro atoms. The maximum atomic E-state index is 12.0. The molecule has 0 aliphatic carbocycles. The molecule has 0 unspecified atom stereocenters. The Morgan fingerprint density at radius 3 is 2.92 bits per heavy atom. The lowest BCUT2D eigenvalue weighted by Crippen LogP contribution is -2.31. The fourth-order valence-electron chi connectivity index (χ4n) is 2.64. The van der Waals surface area contributed by atoms with Crippen LogP contribution in [0.3, 0.4) is 0 Å². The van der Waals surface area contributed by atoms with Crippen molar-refractivity contribution in [3.05, 3.63) is 47.4 Å². The molecule has 2 heterocycles. The Morgan fingerprint density at radius 2 is 2.17 bits per heavy atom. The number of anilines is 1. The van der Waals surface area contributed by atoms with Gasteiger partial charge in [0.05, 0.1) is 6.04 Å². The average molecular weight is 328 g/mol. The van der Waals surface area contributed by atoms with Crippen LogP contribution in [0.1, 0.15) is 36.5 Å². The zero-order chi connectivity index (χ0) is 17.1. The van der Waals surface area contributed by atoms with Crippen molar-refractivity contribution in [1.29, 1.82) is 0 Å². The molecule has 126 valence electrons. The number of ether oxygens (including phenoxy) is 1. The monoisotopic (exact) mass is 328 g/mol. The number of hydrogen-bond donors (Lipinski definition) is 2. The Morgan fingerprint density at radius 1 is 1.33 bits per heavy atom. The van der Waals surface area contributed by atoms with E-state index in [9.17, 15) is 9.59 Å². The van der Waals surface area contributed by atoms with Gasteiger partial charge < -0.3 is 19.8 Å². The number of nitrogens with one attached hydrogen (secondary N) is 2. The zero-order valence-corrected chi connectivity index (χ0v) is 13.7. The fraction of sp³-hybridized carbons (Fsp3) is 0.333. The van der Waals surface area contributed by atoms with E-state index in [-0.39, 0.29) is 24.5 Å². The number of fused-ring (bicyclic) bond motifs is 1. The topological polar surface area (TPSA) is 80.6 Å². The lowest BCUT2D eigenvalue weighted by Gasteiger charge is -2.18.